The number of aryl methyl sites for hydroxylation is 2. The van der Waals surface area contributed by atoms with Crippen LogP contribution in [0.15, 0.2) is 48.5 Å². The first kappa shape index (κ1) is 16.5. The van der Waals surface area contributed by atoms with Gasteiger partial charge >= 0.3 is 0 Å². The van der Waals surface area contributed by atoms with Gasteiger partial charge in [0.05, 0.1) is 0 Å². The second-order valence-corrected chi connectivity index (χ2v) is 6.91. The molecule has 0 aromatic heterocycles. The predicted octanol–water partition coefficient (Wildman–Crippen LogP) is 6.87. The van der Waals surface area contributed by atoms with E-state index in [1.165, 1.54) is 55.6 Å². The van der Waals surface area contributed by atoms with E-state index in [0.29, 0.717) is 0 Å². The normalized spacial score (nSPS) is 10.9. The van der Waals surface area contributed by atoms with Crippen LogP contribution in [0.2, 0.25) is 0 Å². The van der Waals surface area contributed by atoms with E-state index < -0.39 is 0 Å². The average molecular weight is 314 g/mol. The lowest BCUT2D eigenvalue weighted by atomic mass is 9.86. The smallest absolute Gasteiger partial charge is 0.0103 e. The van der Waals surface area contributed by atoms with E-state index in [0.717, 1.165) is 0 Å². The summed E-state index contributed by atoms with van der Waals surface area (Å²) in [6.45, 7) is 13.3. The fourth-order valence-corrected chi connectivity index (χ4v) is 3.45. The Balaban J connectivity index is 2.28. The van der Waals surface area contributed by atoms with Crippen LogP contribution in [0.5, 0.6) is 0 Å². The van der Waals surface area contributed by atoms with Gasteiger partial charge in [-0.1, -0.05) is 48.5 Å². The summed E-state index contributed by atoms with van der Waals surface area (Å²) in [4.78, 5) is 0. The lowest BCUT2D eigenvalue weighted by Gasteiger charge is -2.18. The first-order valence-corrected chi connectivity index (χ1v) is 8.65. The molecule has 0 amide bonds. The Labute approximate surface area is 146 Å². The molecule has 122 valence electrons. The molecule has 0 saturated heterocycles. The maximum Gasteiger partial charge on any atom is -0.0103 e. The minimum Gasteiger partial charge on any atom is -0.0616 e. The molecule has 0 spiro atoms. The van der Waals surface area contributed by atoms with Crippen molar-refractivity contribution >= 4 is 0 Å². The van der Waals surface area contributed by atoms with Crippen molar-refractivity contribution in [2.24, 2.45) is 0 Å². The van der Waals surface area contributed by atoms with Gasteiger partial charge in [-0.2, -0.15) is 0 Å². The van der Waals surface area contributed by atoms with Gasteiger partial charge in [-0.15, -0.1) is 0 Å². The van der Waals surface area contributed by atoms with Gasteiger partial charge in [0.25, 0.3) is 0 Å². The van der Waals surface area contributed by atoms with Gasteiger partial charge in [-0.05, 0) is 97.2 Å². The first-order chi connectivity index (χ1) is 11.4. The minimum absolute atomic E-state index is 1.32. The first-order valence-electron chi connectivity index (χ1n) is 8.65. The van der Waals surface area contributed by atoms with Crippen molar-refractivity contribution in [3.8, 4) is 22.3 Å². The quantitative estimate of drug-likeness (QED) is 0.484. The summed E-state index contributed by atoms with van der Waals surface area (Å²) in [5.41, 5.74) is 13.6. The van der Waals surface area contributed by atoms with Gasteiger partial charge < -0.3 is 0 Å². The molecule has 0 aliphatic carbocycles. The van der Waals surface area contributed by atoms with E-state index in [1.807, 2.05) is 0 Å². The van der Waals surface area contributed by atoms with Crippen molar-refractivity contribution in [3.05, 3.63) is 81.9 Å². The third-order valence-corrected chi connectivity index (χ3v) is 5.62. The third-order valence-electron chi connectivity index (χ3n) is 5.62. The zero-order valence-corrected chi connectivity index (χ0v) is 15.6. The summed E-state index contributed by atoms with van der Waals surface area (Å²) in [5.74, 6) is 0. The molecule has 3 aromatic carbocycles. The second-order valence-electron chi connectivity index (χ2n) is 6.91. The highest BCUT2D eigenvalue weighted by molar-refractivity contribution is 5.87. The zero-order chi connectivity index (χ0) is 17.4. The second kappa shape index (κ2) is 6.28. The van der Waals surface area contributed by atoms with Crippen molar-refractivity contribution in [1.29, 1.82) is 0 Å². The summed E-state index contributed by atoms with van der Waals surface area (Å²) in [6.07, 6.45) is 0. The van der Waals surface area contributed by atoms with Gasteiger partial charge in [0.15, 0.2) is 0 Å². The number of hydrogen-bond donors (Lipinski definition) is 0. The lowest BCUT2D eigenvalue weighted by Crippen LogP contribution is -1.95. The van der Waals surface area contributed by atoms with Crippen LogP contribution in [-0.4, -0.2) is 0 Å². The number of rotatable bonds is 2. The molecule has 3 rings (SSSR count). The van der Waals surface area contributed by atoms with E-state index in [9.17, 15) is 0 Å². The van der Waals surface area contributed by atoms with Crippen LogP contribution in [0, 0.1) is 41.5 Å². The number of hydrogen-bond acceptors (Lipinski definition) is 0. The number of benzene rings is 3. The van der Waals surface area contributed by atoms with Crippen molar-refractivity contribution in [1.82, 2.24) is 0 Å². The van der Waals surface area contributed by atoms with Crippen LogP contribution in [0.25, 0.3) is 22.3 Å². The van der Waals surface area contributed by atoms with E-state index in [4.69, 9.17) is 0 Å². The molecule has 0 fully saturated rings. The SMILES string of the molecule is Cc1ccc(-c2ccccc2-c2ccc(C)c(C)c2C)c(C)c1C. The van der Waals surface area contributed by atoms with Crippen molar-refractivity contribution in [2.45, 2.75) is 41.5 Å². The molecule has 24 heavy (non-hydrogen) atoms. The molecule has 0 atom stereocenters. The molecule has 0 nitrogen and oxygen atoms in total. The van der Waals surface area contributed by atoms with E-state index in [1.54, 1.807) is 0 Å². The molecule has 0 radical (unpaired) electrons. The third kappa shape index (κ3) is 2.67. The van der Waals surface area contributed by atoms with Crippen molar-refractivity contribution < 1.29 is 0 Å². The predicted molar refractivity (Wildman–Crippen MR) is 106 cm³/mol. The van der Waals surface area contributed by atoms with Gasteiger partial charge in [0.1, 0.15) is 0 Å². The van der Waals surface area contributed by atoms with E-state index in [2.05, 4.69) is 90.1 Å². The Morgan fingerprint density at radius 2 is 0.750 bits per heavy atom. The standard InChI is InChI=1S/C24H26/c1-15-11-13-21(19(5)17(15)3)23-9-7-8-10-24(23)22-14-12-16(2)18(4)20(22)6/h7-14H,1-6H3. The monoisotopic (exact) mass is 314 g/mol. The Morgan fingerprint density at radius 3 is 1.12 bits per heavy atom. The molecular formula is C24H26. The van der Waals surface area contributed by atoms with Gasteiger partial charge in [-0.25, -0.2) is 0 Å². The lowest BCUT2D eigenvalue weighted by molar-refractivity contribution is 1.26. The van der Waals surface area contributed by atoms with Crippen LogP contribution in [0.3, 0.4) is 0 Å². The summed E-state index contributed by atoms with van der Waals surface area (Å²) < 4.78 is 0. The van der Waals surface area contributed by atoms with Gasteiger partial charge in [0.2, 0.25) is 0 Å². The Kier molecular flexibility index (Phi) is 4.32. The summed E-state index contributed by atoms with van der Waals surface area (Å²) >= 11 is 0. The van der Waals surface area contributed by atoms with E-state index >= 15 is 0 Å². The van der Waals surface area contributed by atoms with Gasteiger partial charge in [0, 0.05) is 0 Å². The zero-order valence-electron chi connectivity index (χ0n) is 15.6. The molecule has 0 aliphatic heterocycles. The molecule has 0 unspecified atom stereocenters. The fourth-order valence-electron chi connectivity index (χ4n) is 3.45. The molecule has 0 saturated carbocycles. The molecule has 0 aliphatic rings. The van der Waals surface area contributed by atoms with E-state index in [-0.39, 0.29) is 0 Å². The highest BCUT2D eigenvalue weighted by atomic mass is 14.2. The summed E-state index contributed by atoms with van der Waals surface area (Å²) in [6, 6.07) is 17.8. The largest absolute Gasteiger partial charge is 0.0616 e. The van der Waals surface area contributed by atoms with Crippen LogP contribution < -0.4 is 0 Å². The van der Waals surface area contributed by atoms with Crippen LogP contribution in [0.1, 0.15) is 33.4 Å². The fraction of sp³-hybridized carbons (Fsp3) is 0.250. The highest BCUT2D eigenvalue weighted by Crippen LogP contribution is 2.37. The Hall–Kier alpha value is -2.34. The van der Waals surface area contributed by atoms with Crippen LogP contribution in [0.4, 0.5) is 0 Å². The summed E-state index contributed by atoms with van der Waals surface area (Å²) in [5, 5.41) is 0. The molecule has 0 bridgehead atoms. The Bertz CT molecular complexity index is 837. The Morgan fingerprint density at radius 1 is 0.375 bits per heavy atom. The molecule has 3 aromatic rings. The molecule has 0 heteroatoms. The van der Waals surface area contributed by atoms with Gasteiger partial charge in [-0.3, -0.25) is 0 Å². The minimum atomic E-state index is 1.32. The average Bonchev–Trinajstić information content (AvgIpc) is 2.58. The highest BCUT2D eigenvalue weighted by Gasteiger charge is 2.13. The molecular weight excluding hydrogens is 288 g/mol. The topological polar surface area (TPSA) is 0 Å². The maximum atomic E-state index is 2.27. The van der Waals surface area contributed by atoms with Crippen LogP contribution in [-0.2, 0) is 0 Å². The van der Waals surface area contributed by atoms with Crippen molar-refractivity contribution in [2.75, 3.05) is 0 Å². The maximum absolute atomic E-state index is 2.27. The van der Waals surface area contributed by atoms with Crippen molar-refractivity contribution in [3.63, 3.8) is 0 Å². The summed E-state index contributed by atoms with van der Waals surface area (Å²) in [7, 11) is 0. The molecule has 0 heterocycles. The molecule has 0 N–H and O–H groups in total. The van der Waals surface area contributed by atoms with Crippen LogP contribution >= 0.6 is 0 Å².